The lowest BCUT2D eigenvalue weighted by atomic mass is 10.1. The molecule has 0 fully saturated rings. The van der Waals surface area contributed by atoms with E-state index in [1.807, 2.05) is 30.0 Å². The standard InChI is InChI=1S/C17H29N3OS/c1-4-18-17(19-12-8-9-13-22-3)20-14-16(21-2)15-10-6-5-7-11-15/h5-7,10-11,16H,4,8-9,12-14H2,1-3H3,(H2,18,19,20). The normalized spacial score (nSPS) is 13.0. The van der Waals surface area contributed by atoms with E-state index >= 15 is 0 Å². The number of guanidine groups is 1. The molecule has 0 spiro atoms. The van der Waals surface area contributed by atoms with Gasteiger partial charge in [-0.15, -0.1) is 0 Å². The molecule has 0 heterocycles. The average molecular weight is 324 g/mol. The number of nitrogens with one attached hydrogen (secondary N) is 2. The molecular weight excluding hydrogens is 294 g/mol. The lowest BCUT2D eigenvalue weighted by Crippen LogP contribution is -2.38. The number of unbranched alkanes of at least 4 members (excludes halogenated alkanes) is 1. The summed E-state index contributed by atoms with van der Waals surface area (Å²) in [5.74, 6) is 2.08. The first-order chi connectivity index (χ1) is 10.8. The van der Waals surface area contributed by atoms with Crippen molar-refractivity contribution in [2.24, 2.45) is 4.99 Å². The van der Waals surface area contributed by atoms with E-state index in [1.165, 1.54) is 12.2 Å². The molecule has 0 saturated carbocycles. The highest BCUT2D eigenvalue weighted by Crippen LogP contribution is 2.16. The highest BCUT2D eigenvalue weighted by molar-refractivity contribution is 7.98. The van der Waals surface area contributed by atoms with E-state index in [2.05, 4.69) is 40.9 Å². The van der Waals surface area contributed by atoms with Crippen LogP contribution in [0.3, 0.4) is 0 Å². The quantitative estimate of drug-likeness (QED) is 0.395. The molecule has 0 saturated heterocycles. The van der Waals surface area contributed by atoms with E-state index in [0.29, 0.717) is 6.54 Å². The third-order valence-corrected chi connectivity index (χ3v) is 3.98. The van der Waals surface area contributed by atoms with Gasteiger partial charge in [0.05, 0.1) is 6.54 Å². The van der Waals surface area contributed by atoms with Gasteiger partial charge in [0.25, 0.3) is 0 Å². The van der Waals surface area contributed by atoms with Crippen LogP contribution in [-0.2, 0) is 4.74 Å². The van der Waals surface area contributed by atoms with E-state index in [1.54, 1.807) is 7.11 Å². The van der Waals surface area contributed by atoms with Crippen molar-refractivity contribution in [3.05, 3.63) is 35.9 Å². The third kappa shape index (κ3) is 7.71. The van der Waals surface area contributed by atoms with Crippen molar-refractivity contribution < 1.29 is 4.74 Å². The number of thioether (sulfide) groups is 1. The minimum Gasteiger partial charge on any atom is -0.375 e. The second kappa shape index (κ2) is 12.4. The number of methoxy groups -OCH3 is 1. The lowest BCUT2D eigenvalue weighted by molar-refractivity contribution is 0.111. The van der Waals surface area contributed by atoms with Crippen molar-refractivity contribution in [1.82, 2.24) is 10.6 Å². The molecule has 1 unspecified atom stereocenters. The van der Waals surface area contributed by atoms with E-state index in [4.69, 9.17) is 4.74 Å². The molecule has 22 heavy (non-hydrogen) atoms. The van der Waals surface area contributed by atoms with Crippen LogP contribution in [0.25, 0.3) is 0 Å². The van der Waals surface area contributed by atoms with Crippen LogP contribution < -0.4 is 10.6 Å². The van der Waals surface area contributed by atoms with Gasteiger partial charge < -0.3 is 15.4 Å². The lowest BCUT2D eigenvalue weighted by Gasteiger charge is -2.16. The number of hydrogen-bond donors (Lipinski definition) is 2. The van der Waals surface area contributed by atoms with Crippen molar-refractivity contribution in [2.45, 2.75) is 25.9 Å². The molecule has 0 amide bonds. The maximum atomic E-state index is 5.56. The van der Waals surface area contributed by atoms with Crippen LogP contribution in [0.5, 0.6) is 0 Å². The molecule has 1 atom stereocenters. The fourth-order valence-electron chi connectivity index (χ4n) is 2.08. The monoisotopic (exact) mass is 323 g/mol. The van der Waals surface area contributed by atoms with E-state index in [9.17, 15) is 0 Å². The highest BCUT2D eigenvalue weighted by Gasteiger charge is 2.09. The van der Waals surface area contributed by atoms with Gasteiger partial charge in [-0.2, -0.15) is 11.8 Å². The molecule has 0 radical (unpaired) electrons. The molecule has 0 aliphatic heterocycles. The first kappa shape index (κ1) is 18.8. The average Bonchev–Trinajstić information content (AvgIpc) is 2.56. The molecule has 0 aliphatic carbocycles. The van der Waals surface area contributed by atoms with Crippen molar-refractivity contribution in [3.8, 4) is 0 Å². The predicted octanol–water partition coefficient (Wildman–Crippen LogP) is 3.07. The number of aliphatic imine (C=N–C) groups is 1. The predicted molar refractivity (Wildman–Crippen MR) is 97.8 cm³/mol. The second-order valence-corrected chi connectivity index (χ2v) is 5.97. The largest absolute Gasteiger partial charge is 0.375 e. The molecule has 0 aliphatic rings. The fourth-order valence-corrected chi connectivity index (χ4v) is 2.57. The first-order valence-corrected chi connectivity index (χ1v) is 9.30. The summed E-state index contributed by atoms with van der Waals surface area (Å²) in [6.07, 6.45) is 4.54. The van der Waals surface area contributed by atoms with Gasteiger partial charge in [-0.25, -0.2) is 0 Å². The molecule has 5 heteroatoms. The summed E-state index contributed by atoms with van der Waals surface area (Å²) in [7, 11) is 1.73. The van der Waals surface area contributed by atoms with E-state index < -0.39 is 0 Å². The summed E-state index contributed by atoms with van der Waals surface area (Å²) in [5.41, 5.74) is 1.16. The SMILES string of the molecule is CCNC(=NCC(OC)c1ccccc1)NCCCCSC. The highest BCUT2D eigenvalue weighted by atomic mass is 32.2. The Balaban J connectivity index is 2.49. The summed E-state index contributed by atoms with van der Waals surface area (Å²) in [5, 5.41) is 6.67. The Morgan fingerprint density at radius 1 is 1.23 bits per heavy atom. The van der Waals surface area contributed by atoms with Crippen LogP contribution in [0.2, 0.25) is 0 Å². The van der Waals surface area contributed by atoms with Crippen molar-refractivity contribution in [1.29, 1.82) is 0 Å². The van der Waals surface area contributed by atoms with Crippen LogP contribution in [0, 0.1) is 0 Å². The van der Waals surface area contributed by atoms with Crippen molar-refractivity contribution in [2.75, 3.05) is 38.8 Å². The second-order valence-electron chi connectivity index (χ2n) is 4.98. The molecule has 1 aromatic carbocycles. The smallest absolute Gasteiger partial charge is 0.191 e. The van der Waals surface area contributed by atoms with Gasteiger partial charge in [-0.1, -0.05) is 30.3 Å². The van der Waals surface area contributed by atoms with Crippen LogP contribution in [0.4, 0.5) is 0 Å². The minimum atomic E-state index is -0.00634. The molecule has 4 nitrogen and oxygen atoms in total. The molecule has 0 bridgehead atoms. The first-order valence-electron chi connectivity index (χ1n) is 7.90. The molecular formula is C17H29N3OS. The molecule has 0 aromatic heterocycles. The Kier molecular flexibility index (Phi) is 10.6. The third-order valence-electron chi connectivity index (χ3n) is 3.28. The minimum absolute atomic E-state index is 0.00634. The van der Waals surface area contributed by atoms with Gasteiger partial charge in [-0.05, 0) is 37.3 Å². The summed E-state index contributed by atoms with van der Waals surface area (Å²) in [6.45, 7) is 4.51. The Labute approximate surface area is 139 Å². The summed E-state index contributed by atoms with van der Waals surface area (Å²) in [6, 6.07) is 10.2. The van der Waals surface area contributed by atoms with E-state index in [-0.39, 0.29) is 6.10 Å². The van der Waals surface area contributed by atoms with Gasteiger partial charge >= 0.3 is 0 Å². The Hall–Kier alpha value is -1.20. The maximum absolute atomic E-state index is 5.56. The number of ether oxygens (including phenoxy) is 1. The fraction of sp³-hybridized carbons (Fsp3) is 0.588. The zero-order valence-corrected chi connectivity index (χ0v) is 14.8. The summed E-state index contributed by atoms with van der Waals surface area (Å²) < 4.78 is 5.56. The van der Waals surface area contributed by atoms with Gasteiger partial charge in [0, 0.05) is 20.2 Å². The van der Waals surface area contributed by atoms with Crippen LogP contribution in [-0.4, -0.2) is 44.7 Å². The Morgan fingerprint density at radius 2 is 2.00 bits per heavy atom. The number of benzene rings is 1. The van der Waals surface area contributed by atoms with Gasteiger partial charge in [-0.3, -0.25) is 4.99 Å². The zero-order valence-electron chi connectivity index (χ0n) is 14.0. The number of hydrogen-bond acceptors (Lipinski definition) is 3. The molecule has 1 rings (SSSR count). The molecule has 124 valence electrons. The van der Waals surface area contributed by atoms with Crippen LogP contribution >= 0.6 is 11.8 Å². The van der Waals surface area contributed by atoms with Crippen molar-refractivity contribution >= 4 is 17.7 Å². The van der Waals surface area contributed by atoms with Crippen LogP contribution in [0.1, 0.15) is 31.4 Å². The molecule has 1 aromatic rings. The Bertz CT molecular complexity index is 412. The maximum Gasteiger partial charge on any atom is 0.191 e. The zero-order chi connectivity index (χ0) is 16.0. The topological polar surface area (TPSA) is 45.7 Å². The van der Waals surface area contributed by atoms with Crippen LogP contribution in [0.15, 0.2) is 35.3 Å². The van der Waals surface area contributed by atoms with Gasteiger partial charge in [0.15, 0.2) is 5.96 Å². The summed E-state index contributed by atoms with van der Waals surface area (Å²) >= 11 is 1.90. The summed E-state index contributed by atoms with van der Waals surface area (Å²) in [4.78, 5) is 4.64. The Morgan fingerprint density at radius 3 is 2.64 bits per heavy atom. The molecule has 2 N–H and O–H groups in total. The van der Waals surface area contributed by atoms with E-state index in [0.717, 1.165) is 31.0 Å². The van der Waals surface area contributed by atoms with Crippen molar-refractivity contribution in [3.63, 3.8) is 0 Å². The van der Waals surface area contributed by atoms with Gasteiger partial charge in [0.1, 0.15) is 6.10 Å². The van der Waals surface area contributed by atoms with Gasteiger partial charge in [0.2, 0.25) is 0 Å². The number of rotatable bonds is 10. The number of nitrogens with zero attached hydrogens (tertiary/aromatic N) is 1.